The Hall–Kier alpha value is -2.42. The number of carbonyl (C=O) groups excluding carboxylic acids is 1. The number of aromatic nitrogens is 2. The second-order valence-electron chi connectivity index (χ2n) is 5.72. The lowest BCUT2D eigenvalue weighted by Crippen LogP contribution is -2.40. The number of nitrogens with one attached hydrogen (secondary N) is 1. The van der Waals surface area contributed by atoms with Crippen LogP contribution in [-0.2, 0) is 9.84 Å². The van der Waals surface area contributed by atoms with Gasteiger partial charge in [-0.2, -0.15) is 5.10 Å². The molecule has 1 saturated heterocycles. The Morgan fingerprint density at radius 2 is 2.17 bits per heavy atom. The third-order valence-electron chi connectivity index (χ3n) is 4.01. The largest absolute Gasteiger partial charge is 0.324 e. The third-order valence-corrected chi connectivity index (χ3v) is 5.76. The maximum absolute atomic E-state index is 13.7. The first kappa shape index (κ1) is 16.4. The van der Waals surface area contributed by atoms with E-state index in [4.69, 9.17) is 0 Å². The van der Waals surface area contributed by atoms with Crippen molar-refractivity contribution in [2.75, 3.05) is 23.9 Å². The molecule has 0 saturated carbocycles. The van der Waals surface area contributed by atoms with Gasteiger partial charge in [-0.15, -0.1) is 0 Å². The summed E-state index contributed by atoms with van der Waals surface area (Å²) in [5.74, 6) is -0.349. The molecular formula is C15H17FN4O3S. The van der Waals surface area contributed by atoms with Gasteiger partial charge in [0.05, 0.1) is 29.6 Å². The quantitative estimate of drug-likeness (QED) is 0.910. The number of amides is 2. The number of halogens is 1. The third kappa shape index (κ3) is 3.40. The molecule has 3 rings (SSSR count). The number of sulfone groups is 1. The van der Waals surface area contributed by atoms with Gasteiger partial charge in [0.15, 0.2) is 9.84 Å². The van der Waals surface area contributed by atoms with Crippen molar-refractivity contribution in [1.29, 1.82) is 0 Å². The normalized spacial score (nSPS) is 19.2. The van der Waals surface area contributed by atoms with Gasteiger partial charge >= 0.3 is 6.03 Å². The van der Waals surface area contributed by atoms with Crippen LogP contribution in [0.4, 0.5) is 14.9 Å². The van der Waals surface area contributed by atoms with Crippen LogP contribution in [-0.4, -0.2) is 53.7 Å². The van der Waals surface area contributed by atoms with Crippen LogP contribution in [0.3, 0.4) is 0 Å². The van der Waals surface area contributed by atoms with Crippen molar-refractivity contribution < 1.29 is 17.6 Å². The minimum atomic E-state index is -3.06. The zero-order valence-corrected chi connectivity index (χ0v) is 13.8. The average Bonchev–Trinajstić information content (AvgIpc) is 3.13. The Bertz CT molecular complexity index is 865. The van der Waals surface area contributed by atoms with Crippen LogP contribution in [0.1, 0.15) is 6.42 Å². The van der Waals surface area contributed by atoms with Gasteiger partial charge in [0.1, 0.15) is 11.5 Å². The summed E-state index contributed by atoms with van der Waals surface area (Å²) in [7, 11) is -1.51. The SMILES string of the molecule is CN(C(=O)Nc1cnn(-c2ccccc2F)c1)C1CCS(=O)(=O)C1. The summed E-state index contributed by atoms with van der Waals surface area (Å²) in [5.41, 5.74) is 0.671. The number of anilines is 1. The number of carbonyl (C=O) groups is 1. The van der Waals surface area contributed by atoms with E-state index in [2.05, 4.69) is 10.4 Å². The second kappa shape index (κ2) is 6.23. The molecule has 2 aromatic rings. The number of urea groups is 1. The fourth-order valence-electron chi connectivity index (χ4n) is 2.61. The number of hydrogen-bond acceptors (Lipinski definition) is 4. The molecule has 128 valence electrons. The molecule has 1 unspecified atom stereocenters. The highest BCUT2D eigenvalue weighted by Gasteiger charge is 2.32. The fraction of sp³-hybridized carbons (Fsp3) is 0.333. The average molecular weight is 352 g/mol. The molecule has 1 aromatic heterocycles. The molecule has 0 spiro atoms. The van der Waals surface area contributed by atoms with Crippen LogP contribution >= 0.6 is 0 Å². The highest BCUT2D eigenvalue weighted by atomic mass is 32.2. The molecule has 1 fully saturated rings. The molecule has 0 aliphatic carbocycles. The first-order chi connectivity index (χ1) is 11.4. The summed E-state index contributed by atoms with van der Waals surface area (Å²) in [6, 6.07) is 5.40. The number of benzene rings is 1. The number of nitrogens with zero attached hydrogens (tertiary/aromatic N) is 3. The Balaban J connectivity index is 1.69. The molecule has 2 heterocycles. The van der Waals surface area contributed by atoms with Crippen molar-refractivity contribution >= 4 is 21.6 Å². The van der Waals surface area contributed by atoms with Crippen LogP contribution in [0.25, 0.3) is 5.69 Å². The molecule has 2 amide bonds. The van der Waals surface area contributed by atoms with Crippen molar-refractivity contribution in [1.82, 2.24) is 14.7 Å². The second-order valence-corrected chi connectivity index (χ2v) is 7.95. The minimum absolute atomic E-state index is 0.0224. The number of rotatable bonds is 3. The molecule has 24 heavy (non-hydrogen) atoms. The van der Waals surface area contributed by atoms with Crippen molar-refractivity contribution in [3.8, 4) is 5.69 Å². The van der Waals surface area contributed by atoms with Crippen LogP contribution in [0.5, 0.6) is 0 Å². The van der Waals surface area contributed by atoms with Crippen LogP contribution in [0, 0.1) is 5.82 Å². The first-order valence-corrected chi connectivity index (χ1v) is 9.22. The van der Waals surface area contributed by atoms with Crippen LogP contribution in [0.15, 0.2) is 36.7 Å². The summed E-state index contributed by atoms with van der Waals surface area (Å²) < 4.78 is 38.1. The zero-order chi connectivity index (χ0) is 17.3. The summed E-state index contributed by atoms with van der Waals surface area (Å²) in [6.45, 7) is 0. The number of hydrogen-bond donors (Lipinski definition) is 1. The molecule has 1 aromatic carbocycles. The van der Waals surface area contributed by atoms with Gasteiger partial charge in [0.2, 0.25) is 0 Å². The Kier molecular flexibility index (Phi) is 4.27. The highest BCUT2D eigenvalue weighted by Crippen LogP contribution is 2.19. The summed E-state index contributed by atoms with van der Waals surface area (Å²) in [6.07, 6.45) is 3.33. The van der Waals surface area contributed by atoms with E-state index in [0.717, 1.165) is 0 Å². The van der Waals surface area contributed by atoms with E-state index in [1.165, 1.54) is 28.0 Å². The van der Waals surface area contributed by atoms with Gasteiger partial charge < -0.3 is 10.2 Å². The van der Waals surface area contributed by atoms with Gasteiger partial charge in [0.25, 0.3) is 0 Å². The monoisotopic (exact) mass is 352 g/mol. The molecule has 9 heteroatoms. The zero-order valence-electron chi connectivity index (χ0n) is 13.0. The minimum Gasteiger partial charge on any atom is -0.324 e. The van der Waals surface area contributed by atoms with Gasteiger partial charge in [-0.05, 0) is 18.6 Å². The smallest absolute Gasteiger partial charge is 0.321 e. The van der Waals surface area contributed by atoms with E-state index >= 15 is 0 Å². The maximum atomic E-state index is 13.7. The summed E-state index contributed by atoms with van der Waals surface area (Å²) >= 11 is 0. The van der Waals surface area contributed by atoms with Gasteiger partial charge in [0, 0.05) is 13.1 Å². The van der Waals surface area contributed by atoms with Crippen LogP contribution < -0.4 is 5.32 Å². The van der Waals surface area contributed by atoms with Crippen molar-refractivity contribution in [3.63, 3.8) is 0 Å². The molecule has 1 aliphatic heterocycles. The van der Waals surface area contributed by atoms with E-state index in [9.17, 15) is 17.6 Å². The molecule has 0 radical (unpaired) electrons. The predicted octanol–water partition coefficient (Wildman–Crippen LogP) is 1.66. The molecule has 7 nitrogen and oxygen atoms in total. The fourth-order valence-corrected chi connectivity index (χ4v) is 4.39. The summed E-state index contributed by atoms with van der Waals surface area (Å²) in [4.78, 5) is 13.6. The Morgan fingerprint density at radius 1 is 1.42 bits per heavy atom. The molecule has 1 atom stereocenters. The molecule has 1 aliphatic rings. The van der Waals surface area contributed by atoms with E-state index in [0.29, 0.717) is 12.1 Å². The molecule has 0 bridgehead atoms. The van der Waals surface area contributed by atoms with Crippen molar-refractivity contribution in [3.05, 3.63) is 42.5 Å². The lowest BCUT2D eigenvalue weighted by molar-refractivity contribution is 0.209. The van der Waals surface area contributed by atoms with Gasteiger partial charge in [-0.3, -0.25) is 0 Å². The maximum Gasteiger partial charge on any atom is 0.321 e. The van der Waals surface area contributed by atoms with E-state index in [1.54, 1.807) is 25.2 Å². The van der Waals surface area contributed by atoms with Crippen molar-refractivity contribution in [2.45, 2.75) is 12.5 Å². The van der Waals surface area contributed by atoms with E-state index in [-0.39, 0.29) is 23.2 Å². The Morgan fingerprint density at radius 3 is 2.83 bits per heavy atom. The summed E-state index contributed by atoms with van der Waals surface area (Å²) in [5, 5.41) is 6.67. The van der Waals surface area contributed by atoms with Gasteiger partial charge in [-0.25, -0.2) is 22.3 Å². The molecule has 1 N–H and O–H groups in total. The lowest BCUT2D eigenvalue weighted by atomic mass is 10.2. The number of para-hydroxylation sites is 1. The highest BCUT2D eigenvalue weighted by molar-refractivity contribution is 7.91. The van der Waals surface area contributed by atoms with Crippen molar-refractivity contribution in [2.24, 2.45) is 0 Å². The Labute approximate surface area is 139 Å². The lowest BCUT2D eigenvalue weighted by Gasteiger charge is -2.23. The van der Waals surface area contributed by atoms with E-state index in [1.807, 2.05) is 0 Å². The molecular weight excluding hydrogens is 335 g/mol. The predicted molar refractivity (Wildman–Crippen MR) is 87.4 cm³/mol. The topological polar surface area (TPSA) is 84.3 Å². The first-order valence-electron chi connectivity index (χ1n) is 7.39. The van der Waals surface area contributed by atoms with Gasteiger partial charge in [-0.1, -0.05) is 12.1 Å². The standard InChI is InChI=1S/C15H17FN4O3S/c1-19(12-6-7-24(22,23)10-12)15(21)18-11-8-17-20(9-11)14-5-3-2-4-13(14)16/h2-5,8-9,12H,6-7,10H2,1H3,(H,18,21). The van der Waals surface area contributed by atoms with Crippen LogP contribution in [0.2, 0.25) is 0 Å². The van der Waals surface area contributed by atoms with E-state index < -0.39 is 21.7 Å².